The number of ketones is 2. The van der Waals surface area contributed by atoms with Crippen LogP contribution in [0, 0.1) is 11.8 Å². The van der Waals surface area contributed by atoms with E-state index in [1.807, 2.05) is 0 Å². The van der Waals surface area contributed by atoms with E-state index < -0.39 is 23.8 Å². The van der Waals surface area contributed by atoms with Gasteiger partial charge in [0.15, 0.2) is 34.6 Å². The van der Waals surface area contributed by atoms with Gasteiger partial charge in [-0.1, -0.05) is 13.8 Å². The molecule has 0 saturated carbocycles. The summed E-state index contributed by atoms with van der Waals surface area (Å²) in [6.45, 7) is 3.33. The van der Waals surface area contributed by atoms with Crippen LogP contribution in [0.15, 0.2) is 36.4 Å². The quantitative estimate of drug-likeness (QED) is 0.118. The molecule has 0 aliphatic carbocycles. The van der Waals surface area contributed by atoms with Crippen molar-refractivity contribution in [2.75, 3.05) is 27.4 Å². The van der Waals surface area contributed by atoms with Crippen LogP contribution >= 0.6 is 22.7 Å². The van der Waals surface area contributed by atoms with Crippen molar-refractivity contribution in [2.24, 2.45) is 11.8 Å². The van der Waals surface area contributed by atoms with Crippen molar-refractivity contribution < 1.29 is 48.3 Å². The van der Waals surface area contributed by atoms with Gasteiger partial charge in [0.1, 0.15) is 13.2 Å². The molecule has 222 valence electrons. The Bertz CT molecular complexity index is 1530. The molecule has 0 spiro atoms. The molecule has 10 nitrogen and oxygen atoms in total. The Hall–Kier alpha value is -4.16. The van der Waals surface area contributed by atoms with Gasteiger partial charge in [0.05, 0.1) is 35.8 Å². The maximum Gasteiger partial charge on any atom is 0.306 e. The first-order valence-electron chi connectivity index (χ1n) is 13.0. The number of hydrogen-bond acceptors (Lipinski definition) is 10. The van der Waals surface area contributed by atoms with Crippen molar-refractivity contribution in [2.45, 2.75) is 26.7 Å². The first kappa shape index (κ1) is 30.8. The predicted octanol–water partition coefficient (Wildman–Crippen LogP) is 6.18. The largest absolute Gasteiger partial charge is 0.493 e. The molecule has 4 aromatic rings. The van der Waals surface area contributed by atoms with E-state index in [4.69, 9.17) is 29.2 Å². The van der Waals surface area contributed by atoms with E-state index in [-0.39, 0.29) is 37.6 Å². The minimum absolute atomic E-state index is 0.0811. The van der Waals surface area contributed by atoms with Gasteiger partial charge in [0, 0.05) is 34.4 Å². The van der Waals surface area contributed by atoms with Crippen LogP contribution in [0.1, 0.15) is 46.0 Å². The molecule has 2 N–H and O–H groups in total. The summed E-state index contributed by atoms with van der Waals surface area (Å²) >= 11 is 2.54. The standard InChI is InChI=1S/C30H30O10S2/c1-15(29(33)34)7-19(31)27-11-17-9-21(37-3)24(14-26(17)42-27)40-6-5-39-23-10-18-12-28(20(32)8-16(2)30(35)36)41-25(18)13-22(23)38-4/h9-16H,5-8H2,1-4H3,(H,33,34)(H,35,36)/t15-,16-/m1/s1. The molecule has 2 aromatic carbocycles. The molecule has 0 amide bonds. The van der Waals surface area contributed by atoms with E-state index in [0.717, 1.165) is 20.2 Å². The summed E-state index contributed by atoms with van der Waals surface area (Å²) in [6, 6.07) is 10.5. The Labute approximate surface area is 249 Å². The number of thiophene rings is 2. The zero-order chi connectivity index (χ0) is 30.6. The number of carboxylic acid groups (broad SMARTS) is 2. The van der Waals surface area contributed by atoms with Crippen LogP contribution in [0.5, 0.6) is 23.0 Å². The van der Waals surface area contributed by atoms with Crippen molar-refractivity contribution in [1.29, 1.82) is 0 Å². The van der Waals surface area contributed by atoms with Crippen LogP contribution < -0.4 is 18.9 Å². The maximum atomic E-state index is 12.6. The Morgan fingerprint density at radius 1 is 0.643 bits per heavy atom. The monoisotopic (exact) mass is 614 g/mol. The minimum Gasteiger partial charge on any atom is -0.493 e. The number of Topliss-reactive ketones (excluding diaryl/α,β-unsaturated/α-hetero) is 2. The summed E-state index contributed by atoms with van der Waals surface area (Å²) in [4.78, 5) is 48.3. The number of carboxylic acids is 2. The number of carbonyl (C=O) groups is 4. The highest BCUT2D eigenvalue weighted by molar-refractivity contribution is 7.21. The molecule has 4 rings (SSSR count). The van der Waals surface area contributed by atoms with Crippen molar-refractivity contribution >= 4 is 66.4 Å². The van der Waals surface area contributed by atoms with Gasteiger partial charge in [-0.2, -0.15) is 0 Å². The number of rotatable bonds is 15. The summed E-state index contributed by atoms with van der Waals surface area (Å²) in [6.07, 6.45) is -0.162. The number of ether oxygens (including phenoxy) is 4. The lowest BCUT2D eigenvalue weighted by Gasteiger charge is -2.13. The van der Waals surface area contributed by atoms with Crippen LogP contribution in [0.25, 0.3) is 20.2 Å². The van der Waals surface area contributed by atoms with Crippen molar-refractivity contribution in [3.63, 3.8) is 0 Å². The third kappa shape index (κ3) is 7.00. The molecule has 0 unspecified atom stereocenters. The molecule has 0 aliphatic heterocycles. The summed E-state index contributed by atoms with van der Waals surface area (Å²) in [5.41, 5.74) is 0. The summed E-state index contributed by atoms with van der Waals surface area (Å²) in [7, 11) is 3.03. The number of hydrogen-bond donors (Lipinski definition) is 2. The second-order valence-corrected chi connectivity index (χ2v) is 11.9. The topological polar surface area (TPSA) is 146 Å². The lowest BCUT2D eigenvalue weighted by molar-refractivity contribution is -0.141. The van der Waals surface area contributed by atoms with Gasteiger partial charge in [-0.25, -0.2) is 0 Å². The highest BCUT2D eigenvalue weighted by Crippen LogP contribution is 2.39. The third-order valence-electron chi connectivity index (χ3n) is 6.58. The number of fused-ring (bicyclic) bond motifs is 2. The molecule has 2 aromatic heterocycles. The highest BCUT2D eigenvalue weighted by Gasteiger charge is 2.21. The first-order chi connectivity index (χ1) is 20.0. The van der Waals surface area contributed by atoms with E-state index in [1.54, 1.807) is 36.4 Å². The van der Waals surface area contributed by atoms with Crippen LogP contribution in [0.2, 0.25) is 0 Å². The second-order valence-electron chi connectivity index (χ2n) is 9.73. The molecule has 0 saturated heterocycles. The zero-order valence-electron chi connectivity index (χ0n) is 23.4. The number of methoxy groups -OCH3 is 2. The van der Waals surface area contributed by atoms with E-state index >= 15 is 0 Å². The third-order valence-corrected chi connectivity index (χ3v) is 8.86. The van der Waals surface area contributed by atoms with Gasteiger partial charge in [-0.05, 0) is 35.0 Å². The van der Waals surface area contributed by atoms with E-state index in [2.05, 4.69) is 0 Å². The number of aliphatic carboxylic acids is 2. The smallest absolute Gasteiger partial charge is 0.306 e. The Kier molecular flexibility index (Phi) is 9.69. The fourth-order valence-corrected chi connectivity index (χ4v) is 6.19. The van der Waals surface area contributed by atoms with Crippen LogP contribution in [-0.4, -0.2) is 61.2 Å². The van der Waals surface area contributed by atoms with E-state index in [9.17, 15) is 19.2 Å². The van der Waals surface area contributed by atoms with Gasteiger partial charge < -0.3 is 29.2 Å². The SMILES string of the molecule is COc1cc2sc(C(=O)C[C@@H](C)C(=O)O)cc2cc1OCCOc1cc2sc(C(=O)C[C@@H](C)C(=O)O)cc2cc1OC. The predicted molar refractivity (Wildman–Crippen MR) is 159 cm³/mol. The molecule has 0 fully saturated rings. The summed E-state index contributed by atoms with van der Waals surface area (Å²) < 4.78 is 24.4. The maximum absolute atomic E-state index is 12.6. The highest BCUT2D eigenvalue weighted by atomic mass is 32.1. The number of carbonyl (C=O) groups excluding carboxylic acids is 2. The van der Waals surface area contributed by atoms with Crippen LogP contribution in [0.4, 0.5) is 0 Å². The Balaban J connectivity index is 1.43. The molecule has 2 heterocycles. The lowest BCUT2D eigenvalue weighted by atomic mass is 10.0. The molecular weight excluding hydrogens is 584 g/mol. The molecular formula is C30H30O10S2. The average Bonchev–Trinajstić information content (AvgIpc) is 3.57. The lowest BCUT2D eigenvalue weighted by Crippen LogP contribution is -2.13. The normalized spacial score (nSPS) is 12.6. The van der Waals surface area contributed by atoms with Crippen molar-refractivity contribution in [3.05, 3.63) is 46.2 Å². The second kappa shape index (κ2) is 13.2. The molecule has 0 bridgehead atoms. The summed E-state index contributed by atoms with van der Waals surface area (Å²) in [5, 5.41) is 19.8. The van der Waals surface area contributed by atoms with Gasteiger partial charge in [0.25, 0.3) is 0 Å². The van der Waals surface area contributed by atoms with Crippen LogP contribution in [-0.2, 0) is 9.59 Å². The van der Waals surface area contributed by atoms with E-state index in [1.165, 1.54) is 50.7 Å². The zero-order valence-corrected chi connectivity index (χ0v) is 25.1. The Morgan fingerprint density at radius 3 is 1.45 bits per heavy atom. The van der Waals surface area contributed by atoms with E-state index in [0.29, 0.717) is 32.8 Å². The van der Waals surface area contributed by atoms with Crippen molar-refractivity contribution in [1.82, 2.24) is 0 Å². The molecule has 0 aliphatic rings. The first-order valence-corrected chi connectivity index (χ1v) is 14.6. The summed E-state index contributed by atoms with van der Waals surface area (Å²) in [5.74, 6) is -2.15. The van der Waals surface area contributed by atoms with Gasteiger partial charge in [0.2, 0.25) is 0 Å². The van der Waals surface area contributed by atoms with Crippen molar-refractivity contribution in [3.8, 4) is 23.0 Å². The molecule has 0 radical (unpaired) electrons. The fraction of sp³-hybridized carbons (Fsp3) is 0.333. The number of benzene rings is 2. The van der Waals surface area contributed by atoms with Gasteiger partial charge in [-0.15, -0.1) is 22.7 Å². The fourth-order valence-electron chi connectivity index (χ4n) is 4.15. The van der Waals surface area contributed by atoms with Gasteiger partial charge >= 0.3 is 11.9 Å². The molecule has 2 atom stereocenters. The van der Waals surface area contributed by atoms with Crippen LogP contribution in [0.3, 0.4) is 0 Å². The molecule has 42 heavy (non-hydrogen) atoms. The molecule has 12 heteroatoms. The minimum atomic E-state index is -1.01. The average molecular weight is 615 g/mol. The Morgan fingerprint density at radius 2 is 1.02 bits per heavy atom. The van der Waals surface area contributed by atoms with Gasteiger partial charge in [-0.3, -0.25) is 19.2 Å².